The van der Waals surface area contributed by atoms with E-state index in [1.54, 1.807) is 36.4 Å². The van der Waals surface area contributed by atoms with E-state index in [9.17, 15) is 29.3 Å². The highest BCUT2D eigenvalue weighted by Crippen LogP contribution is 2.41. The van der Waals surface area contributed by atoms with E-state index >= 15 is 0 Å². The van der Waals surface area contributed by atoms with Crippen LogP contribution in [0.25, 0.3) is 22.6 Å². The molecule has 0 saturated heterocycles. The summed E-state index contributed by atoms with van der Waals surface area (Å²) in [6.07, 6.45) is 0. The molecule has 180 valence electrons. The molecule has 2 aliphatic rings. The van der Waals surface area contributed by atoms with Crippen molar-refractivity contribution in [3.8, 4) is 11.5 Å². The third-order valence-corrected chi connectivity index (χ3v) is 6.91. The molecule has 0 spiro atoms. The lowest BCUT2D eigenvalue weighted by molar-refractivity contribution is -0.384. The first kappa shape index (κ1) is 21.7. The molecule has 0 radical (unpaired) electrons. The highest BCUT2D eigenvalue weighted by atomic mass is 16.6. The first-order chi connectivity index (χ1) is 18.3. The molecule has 0 atom stereocenters. The molecule has 1 aromatic heterocycles. The molecule has 0 fully saturated rings. The van der Waals surface area contributed by atoms with Gasteiger partial charge in [-0.05, 0) is 24.3 Å². The van der Waals surface area contributed by atoms with Crippen molar-refractivity contribution in [2.75, 3.05) is 0 Å². The third kappa shape index (κ3) is 2.78. The van der Waals surface area contributed by atoms with Crippen LogP contribution in [0, 0.1) is 10.1 Å². The Balaban J connectivity index is 1.43. The second kappa shape index (κ2) is 7.47. The number of benzene rings is 4. The maximum absolute atomic E-state index is 13.3. The standard InChI is InChI=1S/C29H12N2O7/c32-25-15-7-3-4-8-16(15)28(35)23-17(25)9-10-18(24(23)31(36)37)29-30-21-11-19-20(12-22(21)38-29)27(34)14-6-2-1-5-13(14)26(19)33/h1-12H. The molecule has 5 aromatic rings. The van der Waals surface area contributed by atoms with Gasteiger partial charge < -0.3 is 4.42 Å². The number of nitro groups is 1. The Morgan fingerprint density at radius 1 is 0.605 bits per heavy atom. The molecule has 9 heteroatoms. The van der Waals surface area contributed by atoms with Crippen LogP contribution in [0.1, 0.15) is 63.7 Å². The lowest BCUT2D eigenvalue weighted by Crippen LogP contribution is -2.22. The number of ketones is 4. The zero-order valence-corrected chi connectivity index (χ0v) is 19.2. The maximum Gasteiger partial charge on any atom is 0.293 e. The van der Waals surface area contributed by atoms with Crippen LogP contribution in [0.5, 0.6) is 0 Å². The SMILES string of the molecule is O=C1c2ccccc2C(=O)c2cc3oc(-c4ccc5c(c4[N+](=O)[O-])C(=O)c4ccccc4C5=O)nc3cc21. The van der Waals surface area contributed by atoms with Crippen LogP contribution >= 0.6 is 0 Å². The highest BCUT2D eigenvalue weighted by Gasteiger charge is 2.39. The molecule has 0 N–H and O–H groups in total. The first-order valence-corrected chi connectivity index (χ1v) is 11.5. The molecule has 1 heterocycles. The van der Waals surface area contributed by atoms with Gasteiger partial charge in [0.15, 0.2) is 22.9 Å². The average Bonchev–Trinajstić information content (AvgIpc) is 3.36. The van der Waals surface area contributed by atoms with Crippen LogP contribution in [-0.2, 0) is 0 Å². The summed E-state index contributed by atoms with van der Waals surface area (Å²) in [7, 11) is 0. The molecular weight excluding hydrogens is 488 g/mol. The highest BCUT2D eigenvalue weighted by molar-refractivity contribution is 6.31. The number of rotatable bonds is 2. The van der Waals surface area contributed by atoms with Gasteiger partial charge in [0, 0.05) is 38.9 Å². The number of fused-ring (bicyclic) bond motifs is 5. The van der Waals surface area contributed by atoms with Crippen molar-refractivity contribution < 1.29 is 28.5 Å². The van der Waals surface area contributed by atoms with Crippen LogP contribution in [0.4, 0.5) is 5.69 Å². The number of carbonyl (C=O) groups is 4. The van der Waals surface area contributed by atoms with Gasteiger partial charge in [0.05, 0.1) is 4.92 Å². The van der Waals surface area contributed by atoms with Gasteiger partial charge in [0.25, 0.3) is 5.69 Å². The fourth-order valence-corrected chi connectivity index (χ4v) is 5.17. The van der Waals surface area contributed by atoms with Gasteiger partial charge in [-0.3, -0.25) is 29.3 Å². The van der Waals surface area contributed by atoms with Crippen molar-refractivity contribution in [1.29, 1.82) is 0 Å². The van der Waals surface area contributed by atoms with E-state index in [-0.39, 0.29) is 78.6 Å². The number of hydrogen-bond donors (Lipinski definition) is 0. The summed E-state index contributed by atoms with van der Waals surface area (Å²) in [5.74, 6) is -2.02. The Bertz CT molecular complexity index is 1910. The molecule has 4 aromatic carbocycles. The van der Waals surface area contributed by atoms with Gasteiger partial charge in [0.1, 0.15) is 16.6 Å². The number of oxazole rings is 1. The van der Waals surface area contributed by atoms with Gasteiger partial charge in [-0.15, -0.1) is 0 Å². The van der Waals surface area contributed by atoms with E-state index in [0.29, 0.717) is 0 Å². The van der Waals surface area contributed by atoms with Crippen molar-refractivity contribution in [3.63, 3.8) is 0 Å². The largest absolute Gasteiger partial charge is 0.436 e. The van der Waals surface area contributed by atoms with Gasteiger partial charge in [-0.2, -0.15) is 0 Å². The number of nitro benzene ring substituents is 1. The Morgan fingerprint density at radius 2 is 1.11 bits per heavy atom. The number of aromatic nitrogens is 1. The molecule has 0 bridgehead atoms. The molecule has 38 heavy (non-hydrogen) atoms. The van der Waals surface area contributed by atoms with Crippen molar-refractivity contribution >= 4 is 39.9 Å². The predicted octanol–water partition coefficient (Wildman–Crippen LogP) is 4.95. The third-order valence-electron chi connectivity index (χ3n) is 6.91. The quantitative estimate of drug-likeness (QED) is 0.240. The van der Waals surface area contributed by atoms with Crippen LogP contribution < -0.4 is 0 Å². The molecular formula is C29H12N2O7. The Hall–Kier alpha value is -5.57. The van der Waals surface area contributed by atoms with E-state index < -0.39 is 22.2 Å². The zero-order chi connectivity index (χ0) is 26.3. The summed E-state index contributed by atoms with van der Waals surface area (Å²) in [6.45, 7) is 0. The smallest absolute Gasteiger partial charge is 0.293 e. The Kier molecular flexibility index (Phi) is 4.26. The second-order valence-electron chi connectivity index (χ2n) is 8.93. The minimum atomic E-state index is -0.739. The monoisotopic (exact) mass is 500 g/mol. The summed E-state index contributed by atoms with van der Waals surface area (Å²) < 4.78 is 5.83. The molecule has 2 aliphatic carbocycles. The average molecular weight is 500 g/mol. The summed E-state index contributed by atoms with van der Waals surface area (Å²) >= 11 is 0. The van der Waals surface area contributed by atoms with Crippen LogP contribution in [0.3, 0.4) is 0 Å². The lowest BCUT2D eigenvalue weighted by atomic mass is 9.82. The van der Waals surface area contributed by atoms with E-state index in [4.69, 9.17) is 4.42 Å². The first-order valence-electron chi connectivity index (χ1n) is 11.5. The summed E-state index contributed by atoms with van der Waals surface area (Å²) in [5.41, 5.74) is 0.318. The van der Waals surface area contributed by atoms with E-state index in [1.165, 1.54) is 36.4 Å². The molecule has 9 nitrogen and oxygen atoms in total. The second-order valence-corrected chi connectivity index (χ2v) is 8.93. The summed E-state index contributed by atoms with van der Waals surface area (Å²) in [6, 6.07) is 18.1. The lowest BCUT2D eigenvalue weighted by Gasteiger charge is -2.17. The van der Waals surface area contributed by atoms with E-state index in [2.05, 4.69) is 4.98 Å². The Labute approximate surface area is 212 Å². The number of hydrogen-bond acceptors (Lipinski definition) is 8. The van der Waals surface area contributed by atoms with E-state index in [0.717, 1.165) is 0 Å². The van der Waals surface area contributed by atoms with Gasteiger partial charge in [-0.1, -0.05) is 48.5 Å². The van der Waals surface area contributed by atoms with Gasteiger partial charge >= 0.3 is 0 Å². The Morgan fingerprint density at radius 3 is 1.68 bits per heavy atom. The van der Waals surface area contributed by atoms with Crippen molar-refractivity contribution in [2.24, 2.45) is 0 Å². The topological polar surface area (TPSA) is 137 Å². The van der Waals surface area contributed by atoms with Gasteiger partial charge in [-0.25, -0.2) is 4.98 Å². The molecule has 0 amide bonds. The van der Waals surface area contributed by atoms with Gasteiger partial charge in [0.2, 0.25) is 11.7 Å². The van der Waals surface area contributed by atoms with Crippen LogP contribution in [0.2, 0.25) is 0 Å². The normalized spacial score (nSPS) is 13.7. The van der Waals surface area contributed by atoms with Crippen molar-refractivity contribution in [2.45, 2.75) is 0 Å². The summed E-state index contributed by atoms with van der Waals surface area (Å²) in [4.78, 5) is 68.4. The number of carbonyl (C=O) groups excluding carboxylic acids is 4. The maximum atomic E-state index is 13.3. The van der Waals surface area contributed by atoms with Crippen molar-refractivity contribution in [1.82, 2.24) is 4.98 Å². The molecule has 0 saturated carbocycles. The molecule has 7 rings (SSSR count). The predicted molar refractivity (Wildman–Crippen MR) is 133 cm³/mol. The fourth-order valence-electron chi connectivity index (χ4n) is 5.17. The van der Waals surface area contributed by atoms with Crippen LogP contribution in [0.15, 0.2) is 77.2 Å². The molecule has 0 unspecified atom stereocenters. The van der Waals surface area contributed by atoms with Crippen LogP contribution in [-0.4, -0.2) is 33.0 Å². The van der Waals surface area contributed by atoms with E-state index in [1.807, 2.05) is 0 Å². The minimum absolute atomic E-state index is 0.0760. The fraction of sp³-hybridized carbons (Fsp3) is 0. The zero-order valence-electron chi connectivity index (χ0n) is 19.2. The number of nitrogens with zero attached hydrogens (tertiary/aromatic N) is 2. The van der Waals surface area contributed by atoms with Crippen molar-refractivity contribution in [3.05, 3.63) is 127 Å². The molecule has 0 aliphatic heterocycles. The summed E-state index contributed by atoms with van der Waals surface area (Å²) in [5, 5.41) is 12.3. The minimum Gasteiger partial charge on any atom is -0.436 e.